The number of benzene rings is 1. The maximum absolute atomic E-state index is 12.3. The Morgan fingerprint density at radius 2 is 1.70 bits per heavy atom. The van der Waals surface area contributed by atoms with Crippen LogP contribution < -0.4 is 5.32 Å². The normalized spacial score (nSPS) is 13.4. The highest BCUT2D eigenvalue weighted by Crippen LogP contribution is 2.24. The van der Waals surface area contributed by atoms with E-state index in [4.69, 9.17) is 4.74 Å². The Hall–Kier alpha value is -1.88. The van der Waals surface area contributed by atoms with E-state index in [-0.39, 0.29) is 5.91 Å². The van der Waals surface area contributed by atoms with Gasteiger partial charge in [-0.05, 0) is 37.5 Å². The summed E-state index contributed by atoms with van der Waals surface area (Å²) in [6, 6.07) is 5.06. The number of carbonyl (C=O) groups excluding carboxylic acids is 2. The molecule has 2 atom stereocenters. The van der Waals surface area contributed by atoms with Gasteiger partial charge in [-0.15, -0.1) is 0 Å². The quantitative estimate of drug-likeness (QED) is 0.833. The highest BCUT2D eigenvalue weighted by atomic mass is 16.5. The third-order valence-electron chi connectivity index (χ3n) is 3.19. The zero-order valence-corrected chi connectivity index (χ0v) is 12.5. The van der Waals surface area contributed by atoms with Gasteiger partial charge in [0.05, 0.1) is 7.11 Å². The van der Waals surface area contributed by atoms with Crippen molar-refractivity contribution >= 4 is 11.9 Å². The molecule has 0 aliphatic carbocycles. The summed E-state index contributed by atoms with van der Waals surface area (Å²) in [5, 5.41) is 2.60. The van der Waals surface area contributed by atoms with Crippen LogP contribution in [0.4, 0.5) is 0 Å². The molecule has 0 aromatic heterocycles. The van der Waals surface area contributed by atoms with E-state index < -0.39 is 18.1 Å². The van der Waals surface area contributed by atoms with Crippen LogP contribution in [0.25, 0.3) is 0 Å². The van der Waals surface area contributed by atoms with E-state index in [9.17, 15) is 9.59 Å². The summed E-state index contributed by atoms with van der Waals surface area (Å²) in [5.41, 5.74) is 2.76. The summed E-state index contributed by atoms with van der Waals surface area (Å²) in [6.07, 6.45) is -0.747. The molecule has 5 heteroatoms. The number of aryl methyl sites for hydroxylation is 2. The van der Waals surface area contributed by atoms with E-state index in [0.717, 1.165) is 16.7 Å². The monoisotopic (exact) mass is 279 g/mol. The van der Waals surface area contributed by atoms with Crippen molar-refractivity contribution in [2.45, 2.75) is 32.9 Å². The Kier molecular flexibility index (Phi) is 5.70. The molecule has 1 N–H and O–H groups in total. The fraction of sp³-hybridized carbons (Fsp3) is 0.467. The molecule has 0 saturated heterocycles. The average Bonchev–Trinajstić information content (AvgIpc) is 2.41. The number of amides is 1. The van der Waals surface area contributed by atoms with Crippen LogP contribution in [0, 0.1) is 13.8 Å². The maximum atomic E-state index is 12.3. The van der Waals surface area contributed by atoms with Gasteiger partial charge in [-0.25, -0.2) is 4.79 Å². The van der Waals surface area contributed by atoms with E-state index in [2.05, 4.69) is 10.1 Å². The van der Waals surface area contributed by atoms with Gasteiger partial charge in [0.25, 0.3) is 5.91 Å². The zero-order valence-electron chi connectivity index (χ0n) is 12.5. The van der Waals surface area contributed by atoms with Crippen LogP contribution >= 0.6 is 0 Å². The molecule has 1 aromatic rings. The van der Waals surface area contributed by atoms with Gasteiger partial charge in [0.15, 0.2) is 6.10 Å². The molecule has 2 unspecified atom stereocenters. The molecule has 0 radical (unpaired) electrons. The number of esters is 1. The number of hydrogen-bond donors (Lipinski definition) is 1. The van der Waals surface area contributed by atoms with Crippen molar-refractivity contribution in [3.05, 3.63) is 34.9 Å². The molecule has 20 heavy (non-hydrogen) atoms. The molecule has 5 nitrogen and oxygen atoms in total. The Labute approximate surface area is 119 Å². The molecule has 0 fully saturated rings. The molecular weight excluding hydrogens is 258 g/mol. The Bertz CT molecular complexity index is 478. The van der Waals surface area contributed by atoms with Crippen LogP contribution in [0.5, 0.6) is 0 Å². The Morgan fingerprint density at radius 3 is 2.15 bits per heavy atom. The van der Waals surface area contributed by atoms with Crippen molar-refractivity contribution < 1.29 is 19.1 Å². The standard InChI is InChI=1S/C15H21NO4/c1-9-7-6-8-10(2)12(9)13(19-4)14(17)16-11(3)15(18)20-5/h6-8,11,13H,1-5H3,(H,16,17). The smallest absolute Gasteiger partial charge is 0.328 e. The van der Waals surface area contributed by atoms with Gasteiger partial charge in [-0.3, -0.25) is 4.79 Å². The molecule has 0 bridgehead atoms. The fourth-order valence-corrected chi connectivity index (χ4v) is 2.12. The molecule has 1 rings (SSSR count). The summed E-state index contributed by atoms with van der Waals surface area (Å²) in [4.78, 5) is 23.6. The van der Waals surface area contributed by atoms with E-state index in [1.54, 1.807) is 6.92 Å². The van der Waals surface area contributed by atoms with Gasteiger partial charge in [-0.1, -0.05) is 18.2 Å². The predicted molar refractivity (Wildman–Crippen MR) is 75.3 cm³/mol. The number of carbonyl (C=O) groups is 2. The van der Waals surface area contributed by atoms with Crippen LogP contribution in [0.15, 0.2) is 18.2 Å². The lowest BCUT2D eigenvalue weighted by atomic mass is 9.97. The van der Waals surface area contributed by atoms with E-state index >= 15 is 0 Å². The second-order valence-corrected chi connectivity index (χ2v) is 4.67. The third-order valence-corrected chi connectivity index (χ3v) is 3.19. The van der Waals surface area contributed by atoms with Crippen LogP contribution in [-0.2, 0) is 19.1 Å². The summed E-state index contributed by atoms with van der Waals surface area (Å²) in [5.74, 6) is -0.850. The van der Waals surface area contributed by atoms with Gasteiger partial charge >= 0.3 is 5.97 Å². The molecule has 0 heterocycles. The topological polar surface area (TPSA) is 64.6 Å². The first kappa shape index (κ1) is 16.2. The molecule has 0 saturated carbocycles. The van der Waals surface area contributed by atoms with Crippen molar-refractivity contribution in [2.24, 2.45) is 0 Å². The minimum absolute atomic E-state index is 0.359. The number of rotatable bonds is 5. The summed E-state index contributed by atoms with van der Waals surface area (Å²) in [6.45, 7) is 5.41. The van der Waals surface area contributed by atoms with Crippen LogP contribution in [0.1, 0.15) is 29.7 Å². The van der Waals surface area contributed by atoms with Crippen LogP contribution in [-0.4, -0.2) is 32.1 Å². The van der Waals surface area contributed by atoms with E-state index in [0.29, 0.717) is 0 Å². The summed E-state index contributed by atoms with van der Waals surface area (Å²) in [7, 11) is 2.75. The lowest BCUT2D eigenvalue weighted by molar-refractivity contribution is -0.146. The average molecular weight is 279 g/mol. The van der Waals surface area contributed by atoms with Crippen molar-refractivity contribution in [3.63, 3.8) is 0 Å². The molecule has 0 spiro atoms. The van der Waals surface area contributed by atoms with Crippen LogP contribution in [0.2, 0.25) is 0 Å². The second-order valence-electron chi connectivity index (χ2n) is 4.67. The van der Waals surface area contributed by atoms with Crippen molar-refractivity contribution in [1.82, 2.24) is 5.32 Å². The first-order valence-corrected chi connectivity index (χ1v) is 6.39. The van der Waals surface area contributed by atoms with Crippen molar-refractivity contribution in [2.75, 3.05) is 14.2 Å². The van der Waals surface area contributed by atoms with Gasteiger partial charge in [0, 0.05) is 7.11 Å². The van der Waals surface area contributed by atoms with Gasteiger partial charge in [-0.2, -0.15) is 0 Å². The molecule has 1 amide bonds. The van der Waals surface area contributed by atoms with Gasteiger partial charge < -0.3 is 14.8 Å². The fourth-order valence-electron chi connectivity index (χ4n) is 2.12. The lowest BCUT2D eigenvalue weighted by Crippen LogP contribution is -2.42. The molecule has 110 valence electrons. The molecule has 1 aromatic carbocycles. The molecular formula is C15H21NO4. The Balaban J connectivity index is 2.96. The highest BCUT2D eigenvalue weighted by molar-refractivity contribution is 5.88. The summed E-state index contributed by atoms with van der Waals surface area (Å²) < 4.78 is 9.89. The number of hydrogen-bond acceptors (Lipinski definition) is 4. The third kappa shape index (κ3) is 3.57. The van der Waals surface area contributed by atoms with Crippen LogP contribution in [0.3, 0.4) is 0 Å². The molecule has 0 aliphatic heterocycles. The SMILES string of the molecule is COC(=O)C(C)NC(=O)C(OC)c1c(C)cccc1C. The Morgan fingerprint density at radius 1 is 1.15 bits per heavy atom. The van der Waals surface area contributed by atoms with Gasteiger partial charge in [0.1, 0.15) is 6.04 Å². The number of ether oxygens (including phenoxy) is 2. The zero-order chi connectivity index (χ0) is 15.3. The van der Waals surface area contributed by atoms with E-state index in [1.807, 2.05) is 32.0 Å². The largest absolute Gasteiger partial charge is 0.467 e. The summed E-state index contributed by atoms with van der Waals surface area (Å²) >= 11 is 0. The number of methoxy groups -OCH3 is 2. The number of nitrogens with one attached hydrogen (secondary N) is 1. The van der Waals surface area contributed by atoms with Crippen molar-refractivity contribution in [3.8, 4) is 0 Å². The van der Waals surface area contributed by atoms with E-state index in [1.165, 1.54) is 14.2 Å². The first-order valence-electron chi connectivity index (χ1n) is 6.39. The predicted octanol–water partition coefficient (Wildman–Crippen LogP) is 1.67. The van der Waals surface area contributed by atoms with Crippen molar-refractivity contribution in [1.29, 1.82) is 0 Å². The lowest BCUT2D eigenvalue weighted by Gasteiger charge is -2.21. The minimum Gasteiger partial charge on any atom is -0.467 e. The highest BCUT2D eigenvalue weighted by Gasteiger charge is 2.26. The second kappa shape index (κ2) is 7.05. The molecule has 0 aliphatic rings. The maximum Gasteiger partial charge on any atom is 0.328 e. The minimum atomic E-state index is -0.747. The van der Waals surface area contributed by atoms with Gasteiger partial charge in [0.2, 0.25) is 0 Å². The first-order chi connectivity index (χ1) is 9.42.